The maximum Gasteiger partial charge on any atom is 0.457 e. The number of aryl methyl sites for hydroxylation is 1. The third kappa shape index (κ3) is 16.5. The van der Waals surface area contributed by atoms with Crippen molar-refractivity contribution in [2.24, 2.45) is 5.92 Å². The highest BCUT2D eigenvalue weighted by atomic mass is 16.7. The highest BCUT2D eigenvalue weighted by Crippen LogP contribution is 2.40. The van der Waals surface area contributed by atoms with Gasteiger partial charge in [-0.05, 0) is 160 Å². The zero-order valence-electron chi connectivity index (χ0n) is 36.9. The Bertz CT molecular complexity index is 1460. The standard InChI is InChI=1S/C19H36BNO4.C19H32BNO4.2CO2.CH4.H2/c2*1-14-15(11-13-21(14)16(22)23-17(2,3)4)10-9-12-20-24-18(5,6)19(7,8)25-20;2*2-1-3;;/h14-15H,9-13H2,1-8H3;11,13H,9-10,12H2,1-8H3;;;1H4;1H. The molecule has 3 aliphatic rings. The van der Waals surface area contributed by atoms with Gasteiger partial charge in [-0.2, -0.15) is 19.2 Å². The molecular formula is C41H74B2N2O12. The Balaban J connectivity index is 0. The number of aromatic nitrogens is 1. The van der Waals surface area contributed by atoms with Crippen LogP contribution in [0.15, 0.2) is 12.3 Å². The van der Waals surface area contributed by atoms with Crippen LogP contribution in [0.5, 0.6) is 0 Å². The van der Waals surface area contributed by atoms with Crippen molar-refractivity contribution in [2.75, 3.05) is 6.54 Å². The molecule has 14 nitrogen and oxygen atoms in total. The minimum atomic E-state index is -0.495. The fraction of sp³-hybridized carbons (Fsp3) is 0.805. The minimum absolute atomic E-state index is 0. The molecule has 2 unspecified atom stereocenters. The van der Waals surface area contributed by atoms with Gasteiger partial charge in [0.15, 0.2) is 0 Å². The quantitative estimate of drug-likeness (QED) is 0.230. The van der Waals surface area contributed by atoms with Crippen LogP contribution in [0.25, 0.3) is 0 Å². The van der Waals surface area contributed by atoms with Gasteiger partial charge < -0.3 is 33.0 Å². The van der Waals surface area contributed by atoms with Gasteiger partial charge in [-0.15, -0.1) is 0 Å². The lowest BCUT2D eigenvalue weighted by molar-refractivity contribution is -0.193. The van der Waals surface area contributed by atoms with E-state index in [1.165, 1.54) is 0 Å². The van der Waals surface area contributed by atoms with Crippen molar-refractivity contribution in [3.8, 4) is 0 Å². The smallest absolute Gasteiger partial charge is 0.444 e. The first-order valence-electron chi connectivity index (χ1n) is 19.6. The van der Waals surface area contributed by atoms with Gasteiger partial charge in [0.05, 0.1) is 22.4 Å². The van der Waals surface area contributed by atoms with Crippen LogP contribution < -0.4 is 0 Å². The summed E-state index contributed by atoms with van der Waals surface area (Å²) in [4.78, 5) is 58.9. The average molecular weight is 809 g/mol. The number of carbonyl (C=O) groups excluding carboxylic acids is 6. The van der Waals surface area contributed by atoms with Crippen LogP contribution in [0.2, 0.25) is 12.6 Å². The van der Waals surface area contributed by atoms with Gasteiger partial charge in [-0.25, -0.2) is 9.59 Å². The van der Waals surface area contributed by atoms with Gasteiger partial charge in [0.2, 0.25) is 0 Å². The number of hydrogen-bond donors (Lipinski definition) is 0. The first kappa shape index (κ1) is 53.7. The summed E-state index contributed by atoms with van der Waals surface area (Å²) >= 11 is 0. The highest BCUT2D eigenvalue weighted by Gasteiger charge is 2.51. The fourth-order valence-corrected chi connectivity index (χ4v) is 6.46. The zero-order chi connectivity index (χ0) is 43.5. The molecule has 3 saturated heterocycles. The Hall–Kier alpha value is -3.25. The summed E-state index contributed by atoms with van der Waals surface area (Å²) in [6.07, 6.45) is 8.51. The van der Waals surface area contributed by atoms with Crippen LogP contribution in [0, 0.1) is 12.8 Å². The van der Waals surface area contributed by atoms with Crippen LogP contribution >= 0.6 is 0 Å². The van der Waals surface area contributed by atoms with Crippen molar-refractivity contribution in [2.45, 2.75) is 203 Å². The number of hydrogen-bond acceptors (Lipinski definition) is 12. The fourth-order valence-electron chi connectivity index (χ4n) is 6.46. The predicted octanol–water partition coefficient (Wildman–Crippen LogP) is 8.82. The van der Waals surface area contributed by atoms with Crippen LogP contribution in [-0.4, -0.2) is 94.4 Å². The van der Waals surface area contributed by atoms with Gasteiger partial charge >= 0.3 is 38.7 Å². The molecule has 0 aliphatic carbocycles. The van der Waals surface area contributed by atoms with Crippen molar-refractivity contribution in [3.05, 3.63) is 23.5 Å². The van der Waals surface area contributed by atoms with Gasteiger partial charge in [0.25, 0.3) is 0 Å². The van der Waals surface area contributed by atoms with Crippen LogP contribution in [-0.2, 0) is 53.7 Å². The molecule has 0 radical (unpaired) electrons. The number of rotatable bonds is 8. The Morgan fingerprint density at radius 2 is 1.16 bits per heavy atom. The predicted molar refractivity (Wildman–Crippen MR) is 220 cm³/mol. The third-order valence-corrected chi connectivity index (χ3v) is 10.9. The maximum atomic E-state index is 12.3. The maximum absolute atomic E-state index is 12.3. The van der Waals surface area contributed by atoms with Crippen molar-refractivity contribution in [1.82, 2.24) is 9.47 Å². The van der Waals surface area contributed by atoms with E-state index in [0.29, 0.717) is 5.92 Å². The summed E-state index contributed by atoms with van der Waals surface area (Å²) in [5.41, 5.74) is 0.0699. The first-order valence-corrected chi connectivity index (χ1v) is 19.6. The van der Waals surface area contributed by atoms with E-state index in [2.05, 4.69) is 62.3 Å². The normalized spacial score (nSPS) is 21.2. The monoisotopic (exact) mass is 809 g/mol. The molecule has 1 aromatic rings. The van der Waals surface area contributed by atoms with E-state index in [9.17, 15) is 9.59 Å². The third-order valence-electron chi connectivity index (χ3n) is 10.9. The van der Waals surface area contributed by atoms with Crippen LogP contribution in [0.3, 0.4) is 0 Å². The summed E-state index contributed by atoms with van der Waals surface area (Å²) in [7, 11) is -0.290. The summed E-state index contributed by atoms with van der Waals surface area (Å²) in [5.74, 6) is 0.523. The molecule has 0 aromatic carbocycles. The van der Waals surface area contributed by atoms with Crippen molar-refractivity contribution < 1.29 is 58.3 Å². The lowest BCUT2D eigenvalue weighted by atomic mass is 9.80. The molecule has 0 N–H and O–H groups in total. The van der Waals surface area contributed by atoms with E-state index in [4.69, 9.17) is 47.3 Å². The zero-order valence-corrected chi connectivity index (χ0v) is 36.9. The second-order valence-electron chi connectivity index (χ2n) is 18.6. The molecule has 0 saturated carbocycles. The molecule has 2 atom stereocenters. The van der Waals surface area contributed by atoms with Crippen molar-refractivity contribution >= 4 is 38.7 Å². The number of nitrogens with zero attached hydrogens (tertiary/aromatic N) is 2. The molecule has 0 spiro atoms. The van der Waals surface area contributed by atoms with Gasteiger partial charge in [0, 0.05) is 25.9 Å². The van der Waals surface area contributed by atoms with E-state index in [1.807, 2.05) is 59.4 Å². The topological polar surface area (TPSA) is 166 Å². The van der Waals surface area contributed by atoms with E-state index < -0.39 is 11.2 Å². The average Bonchev–Trinajstić information content (AvgIpc) is 3.68. The highest BCUT2D eigenvalue weighted by molar-refractivity contribution is 6.45. The second-order valence-corrected chi connectivity index (χ2v) is 18.6. The molecule has 3 fully saturated rings. The summed E-state index contributed by atoms with van der Waals surface area (Å²) in [6, 6.07) is 2.22. The Labute approximate surface area is 344 Å². The van der Waals surface area contributed by atoms with Gasteiger partial charge in [-0.1, -0.05) is 20.3 Å². The summed E-state index contributed by atoms with van der Waals surface area (Å²) < 4.78 is 36.7. The largest absolute Gasteiger partial charge is 0.457 e. The Morgan fingerprint density at radius 3 is 1.56 bits per heavy atom. The molecule has 0 bridgehead atoms. The second kappa shape index (κ2) is 21.7. The first-order chi connectivity index (χ1) is 25.5. The molecule has 16 heteroatoms. The minimum Gasteiger partial charge on any atom is -0.444 e. The number of carbonyl (C=O) groups is 2. The Kier molecular flexibility index (Phi) is 20.4. The van der Waals surface area contributed by atoms with Gasteiger partial charge in [-0.3, -0.25) is 4.57 Å². The summed E-state index contributed by atoms with van der Waals surface area (Å²) in [6.45, 7) is 32.8. The van der Waals surface area contributed by atoms with Crippen LogP contribution in [0.4, 0.5) is 9.59 Å². The molecule has 3 aliphatic heterocycles. The SMILES string of the molecule is C.CC1C(CCCB2OC(C)(C)C(C)(C)O2)CCN1C(=O)OC(C)(C)C.Cc1c(CCCB2OC(C)(C)C(C)(C)O2)ccn1C(=O)OC(C)(C)C.O=C=O.O=C=O.[HH]. The lowest BCUT2D eigenvalue weighted by Crippen LogP contribution is -2.41. The molecule has 1 aromatic heterocycles. The number of likely N-dealkylation sites (tertiary alicyclic amines) is 1. The molecule has 326 valence electrons. The van der Waals surface area contributed by atoms with Crippen molar-refractivity contribution in [1.29, 1.82) is 0 Å². The molecule has 4 heterocycles. The van der Waals surface area contributed by atoms with E-state index in [-0.39, 0.29) is 76.0 Å². The van der Waals surface area contributed by atoms with E-state index in [1.54, 1.807) is 10.8 Å². The van der Waals surface area contributed by atoms with Crippen LogP contribution in [0.1, 0.15) is 150 Å². The van der Waals surface area contributed by atoms with Crippen molar-refractivity contribution in [3.63, 3.8) is 0 Å². The van der Waals surface area contributed by atoms with Gasteiger partial charge in [0.1, 0.15) is 11.2 Å². The lowest BCUT2D eigenvalue weighted by Gasteiger charge is -2.32. The molecule has 4 rings (SSSR count). The Morgan fingerprint density at radius 1 is 0.772 bits per heavy atom. The van der Waals surface area contributed by atoms with E-state index in [0.717, 1.165) is 62.5 Å². The number of amides is 1. The molecule has 57 heavy (non-hydrogen) atoms. The molecular weight excluding hydrogens is 734 g/mol. The van der Waals surface area contributed by atoms with E-state index >= 15 is 0 Å². The summed E-state index contributed by atoms with van der Waals surface area (Å²) in [5, 5.41) is 0. The molecule has 1 amide bonds. The number of ether oxygens (including phenoxy) is 2.